The molecule has 3 aromatic carbocycles. The number of halogens is 6. The Morgan fingerprint density at radius 1 is 0.827 bits per heavy atom. The number of benzene rings is 3. The lowest BCUT2D eigenvalue weighted by atomic mass is 9.98. The van der Waals surface area contributed by atoms with E-state index in [1.807, 2.05) is 0 Å². The van der Waals surface area contributed by atoms with Crippen LogP contribution in [0.3, 0.4) is 0 Å². The topological polar surface area (TPSA) is 104 Å². The Labute approximate surface area is 302 Å². The van der Waals surface area contributed by atoms with Crippen molar-refractivity contribution in [2.75, 3.05) is 25.4 Å². The summed E-state index contributed by atoms with van der Waals surface area (Å²) in [6.07, 6.45) is -4.46. The molecular formula is C36H34ClF5N4O5S. The molecule has 52 heavy (non-hydrogen) atoms. The summed E-state index contributed by atoms with van der Waals surface area (Å²) in [6.45, 7) is 5.70. The van der Waals surface area contributed by atoms with Crippen molar-refractivity contribution < 1.29 is 44.6 Å². The van der Waals surface area contributed by atoms with Crippen LogP contribution in [0.2, 0.25) is 5.02 Å². The van der Waals surface area contributed by atoms with E-state index in [9.17, 15) is 21.6 Å². The lowest BCUT2D eigenvalue weighted by molar-refractivity contribution is -0.137. The summed E-state index contributed by atoms with van der Waals surface area (Å²) >= 11 is 6.57. The van der Waals surface area contributed by atoms with Gasteiger partial charge in [0.2, 0.25) is 15.7 Å². The minimum absolute atomic E-state index is 0.0451. The van der Waals surface area contributed by atoms with Gasteiger partial charge in [-0.2, -0.15) is 18.2 Å². The standard InChI is InChI=1S/C36H34ClF5N4O5S/c1-19-27(36(40,41)42)31(26-25(37)16-24-30(29(26)39)44-34(52(7,47)48)45-33(24)51-35(2,3)4)43-32(28(19)38)46(17-20-8-12-22(49-5)13-9-20)18-21-10-14-23(50-6)15-11-21/h8-16H,17-18H2,1-7H3. The number of hydrogen-bond donors (Lipinski definition) is 0. The van der Waals surface area contributed by atoms with Crippen molar-refractivity contribution in [3.8, 4) is 28.6 Å². The van der Waals surface area contributed by atoms with Gasteiger partial charge in [-0.05, 0) is 69.2 Å². The van der Waals surface area contributed by atoms with Crippen LogP contribution in [0.25, 0.3) is 22.2 Å². The van der Waals surface area contributed by atoms with Crippen LogP contribution in [0.5, 0.6) is 17.4 Å². The van der Waals surface area contributed by atoms with E-state index in [4.69, 9.17) is 25.8 Å². The zero-order valence-electron chi connectivity index (χ0n) is 29.1. The normalized spacial score (nSPS) is 12.2. The molecule has 0 fully saturated rings. The largest absolute Gasteiger partial charge is 0.497 e. The Kier molecular flexibility index (Phi) is 10.6. The van der Waals surface area contributed by atoms with Crippen molar-refractivity contribution in [1.82, 2.24) is 15.0 Å². The van der Waals surface area contributed by atoms with Crippen LogP contribution in [-0.4, -0.2) is 49.4 Å². The number of methoxy groups -OCH3 is 2. The summed E-state index contributed by atoms with van der Waals surface area (Å²) < 4.78 is 119. The van der Waals surface area contributed by atoms with E-state index in [1.54, 1.807) is 69.3 Å². The van der Waals surface area contributed by atoms with Gasteiger partial charge >= 0.3 is 6.18 Å². The highest BCUT2D eigenvalue weighted by Crippen LogP contribution is 2.46. The third kappa shape index (κ3) is 8.15. The Balaban J connectivity index is 1.81. The molecule has 0 saturated carbocycles. The number of sulfone groups is 1. The molecule has 0 radical (unpaired) electrons. The molecule has 276 valence electrons. The van der Waals surface area contributed by atoms with E-state index < -0.39 is 77.1 Å². The van der Waals surface area contributed by atoms with Crippen molar-refractivity contribution >= 4 is 38.2 Å². The fraction of sp³-hybridized carbons (Fsp3) is 0.306. The number of fused-ring (bicyclic) bond motifs is 1. The zero-order valence-corrected chi connectivity index (χ0v) is 30.7. The minimum atomic E-state index is -5.24. The molecule has 0 aliphatic rings. The highest BCUT2D eigenvalue weighted by molar-refractivity contribution is 7.90. The van der Waals surface area contributed by atoms with Gasteiger partial charge in [0.15, 0.2) is 17.5 Å². The molecule has 0 bridgehead atoms. The van der Waals surface area contributed by atoms with E-state index in [-0.39, 0.29) is 24.4 Å². The first kappa shape index (κ1) is 38.5. The predicted molar refractivity (Wildman–Crippen MR) is 187 cm³/mol. The summed E-state index contributed by atoms with van der Waals surface area (Å²) in [5.41, 5.74) is -4.76. The predicted octanol–water partition coefficient (Wildman–Crippen LogP) is 8.76. The summed E-state index contributed by atoms with van der Waals surface area (Å²) in [4.78, 5) is 13.4. The van der Waals surface area contributed by atoms with Crippen LogP contribution >= 0.6 is 11.6 Å². The molecule has 5 rings (SSSR count). The fourth-order valence-corrected chi connectivity index (χ4v) is 6.20. The lowest BCUT2D eigenvalue weighted by Gasteiger charge is -2.28. The van der Waals surface area contributed by atoms with Gasteiger partial charge in [-0.15, -0.1) is 0 Å². The average molecular weight is 765 g/mol. The van der Waals surface area contributed by atoms with Crippen LogP contribution in [0, 0.1) is 18.6 Å². The number of nitrogens with zero attached hydrogens (tertiary/aromatic N) is 4. The van der Waals surface area contributed by atoms with Gasteiger partial charge in [0.25, 0.3) is 5.16 Å². The maximum absolute atomic E-state index is 16.8. The molecule has 2 aromatic heterocycles. The number of alkyl halides is 3. The molecule has 2 heterocycles. The van der Waals surface area contributed by atoms with Crippen LogP contribution < -0.4 is 19.1 Å². The molecule has 0 spiro atoms. The lowest BCUT2D eigenvalue weighted by Crippen LogP contribution is -2.26. The molecular weight excluding hydrogens is 731 g/mol. The second kappa shape index (κ2) is 14.3. The fourth-order valence-electron chi connectivity index (χ4n) is 5.41. The molecule has 9 nitrogen and oxygen atoms in total. The van der Waals surface area contributed by atoms with Gasteiger partial charge in [-0.3, -0.25) is 0 Å². The summed E-state index contributed by atoms with van der Waals surface area (Å²) in [5.74, 6) is -2.54. The first-order chi connectivity index (χ1) is 24.2. The van der Waals surface area contributed by atoms with Gasteiger partial charge in [0.05, 0.1) is 41.4 Å². The van der Waals surface area contributed by atoms with Crippen molar-refractivity contribution in [2.24, 2.45) is 0 Å². The van der Waals surface area contributed by atoms with E-state index in [1.165, 1.54) is 19.1 Å². The van der Waals surface area contributed by atoms with Crippen molar-refractivity contribution in [2.45, 2.75) is 57.7 Å². The Bertz CT molecular complexity index is 2200. The van der Waals surface area contributed by atoms with Gasteiger partial charge in [-0.1, -0.05) is 35.9 Å². The van der Waals surface area contributed by atoms with Crippen LogP contribution in [0.1, 0.15) is 43.0 Å². The molecule has 0 saturated heterocycles. The van der Waals surface area contributed by atoms with Crippen LogP contribution in [0.4, 0.5) is 27.8 Å². The van der Waals surface area contributed by atoms with E-state index in [2.05, 4.69) is 15.0 Å². The highest BCUT2D eigenvalue weighted by Gasteiger charge is 2.41. The first-order valence-electron chi connectivity index (χ1n) is 15.6. The van der Waals surface area contributed by atoms with Crippen molar-refractivity contribution in [1.29, 1.82) is 0 Å². The molecule has 5 aromatic rings. The van der Waals surface area contributed by atoms with E-state index in [0.717, 1.165) is 19.2 Å². The first-order valence-corrected chi connectivity index (χ1v) is 17.9. The summed E-state index contributed by atoms with van der Waals surface area (Å²) in [7, 11) is -1.20. The molecule has 0 unspecified atom stereocenters. The quantitative estimate of drug-likeness (QED) is 0.102. The summed E-state index contributed by atoms with van der Waals surface area (Å²) in [6, 6.07) is 14.5. The number of rotatable bonds is 10. The monoisotopic (exact) mass is 764 g/mol. The smallest absolute Gasteiger partial charge is 0.418 e. The Hall–Kier alpha value is -4.76. The summed E-state index contributed by atoms with van der Waals surface area (Å²) in [5, 5.41) is -1.61. The zero-order chi connectivity index (χ0) is 38.3. The molecule has 0 aliphatic heterocycles. The van der Waals surface area contributed by atoms with Gasteiger partial charge in [0, 0.05) is 24.9 Å². The Morgan fingerprint density at radius 3 is 1.79 bits per heavy atom. The van der Waals surface area contributed by atoms with Gasteiger partial charge < -0.3 is 19.1 Å². The van der Waals surface area contributed by atoms with Crippen molar-refractivity contribution in [3.05, 3.63) is 93.5 Å². The van der Waals surface area contributed by atoms with E-state index in [0.29, 0.717) is 22.6 Å². The van der Waals surface area contributed by atoms with E-state index >= 15 is 8.78 Å². The molecule has 0 aliphatic carbocycles. The highest BCUT2D eigenvalue weighted by atomic mass is 35.5. The number of anilines is 1. The minimum Gasteiger partial charge on any atom is -0.497 e. The second-order valence-electron chi connectivity index (χ2n) is 12.9. The SMILES string of the molecule is COc1ccc(CN(Cc2ccc(OC)cc2)c2nc(-c3c(Cl)cc4c(OC(C)(C)C)nc(S(C)(=O)=O)nc4c3F)c(C(F)(F)F)c(C)c2F)cc1. The van der Waals surface area contributed by atoms with Crippen molar-refractivity contribution in [3.63, 3.8) is 0 Å². The number of pyridine rings is 1. The third-order valence-electron chi connectivity index (χ3n) is 7.80. The Morgan fingerprint density at radius 2 is 1.35 bits per heavy atom. The maximum Gasteiger partial charge on any atom is 0.418 e. The number of hydrogen-bond acceptors (Lipinski definition) is 9. The number of ether oxygens (including phenoxy) is 3. The average Bonchev–Trinajstić information content (AvgIpc) is 3.05. The number of aromatic nitrogens is 3. The third-order valence-corrected chi connectivity index (χ3v) is 8.95. The molecule has 0 atom stereocenters. The maximum atomic E-state index is 16.8. The molecule has 0 amide bonds. The molecule has 16 heteroatoms. The van der Waals surface area contributed by atoms with Gasteiger partial charge in [0.1, 0.15) is 22.6 Å². The van der Waals surface area contributed by atoms with Gasteiger partial charge in [-0.25, -0.2) is 27.2 Å². The van der Waals surface area contributed by atoms with Crippen LogP contribution in [-0.2, 0) is 29.1 Å². The second-order valence-corrected chi connectivity index (χ2v) is 15.2. The van der Waals surface area contributed by atoms with Crippen LogP contribution in [0.15, 0.2) is 59.8 Å². The molecule has 0 N–H and O–H groups in total.